The van der Waals surface area contributed by atoms with Gasteiger partial charge in [0, 0.05) is 28.7 Å². The number of rotatable bonds is 0. The van der Waals surface area contributed by atoms with Gasteiger partial charge in [-0.2, -0.15) is 0 Å². The fraction of sp³-hybridized carbons (Fsp3) is 0.217. The lowest BCUT2D eigenvalue weighted by atomic mass is 9.84. The van der Waals surface area contributed by atoms with Crippen molar-refractivity contribution in [2.24, 2.45) is 7.05 Å². The third-order valence-electron chi connectivity index (χ3n) is 5.35. The highest BCUT2D eigenvalue weighted by molar-refractivity contribution is 6.24. The number of para-hydroxylation sites is 1. The van der Waals surface area contributed by atoms with Gasteiger partial charge in [0.1, 0.15) is 11.2 Å². The van der Waals surface area contributed by atoms with E-state index in [1.54, 1.807) is 0 Å². The fourth-order valence-electron chi connectivity index (χ4n) is 4.14. The quantitative estimate of drug-likeness (QED) is 0.316. The summed E-state index contributed by atoms with van der Waals surface area (Å²) < 4.78 is 8.63. The minimum absolute atomic E-state index is 0.0714. The van der Waals surface area contributed by atoms with Gasteiger partial charge in [-0.3, -0.25) is 0 Å². The molecule has 0 aliphatic rings. The van der Waals surface area contributed by atoms with E-state index >= 15 is 0 Å². The van der Waals surface area contributed by atoms with Crippen molar-refractivity contribution in [2.45, 2.75) is 26.2 Å². The molecular weight excluding hydrogens is 306 g/mol. The molecule has 124 valence electrons. The van der Waals surface area contributed by atoms with Crippen molar-refractivity contribution < 1.29 is 4.42 Å². The number of nitrogens with zero attached hydrogens (tertiary/aromatic N) is 1. The minimum atomic E-state index is 0.0714. The van der Waals surface area contributed by atoms with Gasteiger partial charge < -0.3 is 8.98 Å². The van der Waals surface area contributed by atoms with Gasteiger partial charge in [-0.15, -0.1) is 0 Å². The SMILES string of the molecule is Cn1c2cccc(C(C)(C)C)c2c2c3oc4ccccc4c3ccc21. The van der Waals surface area contributed by atoms with Gasteiger partial charge in [-0.25, -0.2) is 0 Å². The molecule has 5 aromatic rings. The van der Waals surface area contributed by atoms with E-state index < -0.39 is 0 Å². The lowest BCUT2D eigenvalue weighted by molar-refractivity contribution is 0.596. The van der Waals surface area contributed by atoms with E-state index in [4.69, 9.17) is 4.42 Å². The average molecular weight is 327 g/mol. The Morgan fingerprint density at radius 2 is 1.52 bits per heavy atom. The molecule has 0 atom stereocenters. The molecule has 0 fully saturated rings. The van der Waals surface area contributed by atoms with Crippen LogP contribution in [0.3, 0.4) is 0 Å². The summed E-state index contributed by atoms with van der Waals surface area (Å²) in [5, 5.41) is 4.93. The molecule has 0 amide bonds. The van der Waals surface area contributed by atoms with Crippen LogP contribution in [0.2, 0.25) is 0 Å². The molecule has 2 heteroatoms. The molecule has 0 saturated carbocycles. The Morgan fingerprint density at radius 3 is 2.32 bits per heavy atom. The molecule has 0 aliphatic carbocycles. The first-order chi connectivity index (χ1) is 12.0. The zero-order valence-corrected chi connectivity index (χ0v) is 15.1. The van der Waals surface area contributed by atoms with Crippen molar-refractivity contribution in [3.8, 4) is 0 Å². The van der Waals surface area contributed by atoms with Gasteiger partial charge >= 0.3 is 0 Å². The largest absolute Gasteiger partial charge is 0.455 e. The first-order valence-corrected chi connectivity index (χ1v) is 8.78. The summed E-state index contributed by atoms with van der Waals surface area (Å²) in [6, 6.07) is 19.3. The first-order valence-electron chi connectivity index (χ1n) is 8.78. The zero-order chi connectivity index (χ0) is 17.3. The third-order valence-corrected chi connectivity index (χ3v) is 5.35. The monoisotopic (exact) mass is 327 g/mol. The van der Waals surface area contributed by atoms with E-state index in [0.717, 1.165) is 11.2 Å². The summed E-state index contributed by atoms with van der Waals surface area (Å²) in [5.74, 6) is 0. The molecular formula is C23H21NO. The lowest BCUT2D eigenvalue weighted by Gasteiger charge is -2.20. The lowest BCUT2D eigenvalue weighted by Crippen LogP contribution is -2.11. The van der Waals surface area contributed by atoms with Crippen LogP contribution in [0, 0.1) is 0 Å². The van der Waals surface area contributed by atoms with Crippen LogP contribution < -0.4 is 0 Å². The van der Waals surface area contributed by atoms with Crippen molar-refractivity contribution in [1.29, 1.82) is 0 Å². The number of aryl methyl sites for hydroxylation is 1. The summed E-state index contributed by atoms with van der Waals surface area (Å²) >= 11 is 0. The summed E-state index contributed by atoms with van der Waals surface area (Å²) in [5.41, 5.74) is 5.87. The maximum atomic E-state index is 6.34. The molecule has 0 N–H and O–H groups in total. The molecule has 2 nitrogen and oxygen atoms in total. The highest BCUT2D eigenvalue weighted by Crippen LogP contribution is 2.42. The number of benzene rings is 3. The Kier molecular flexibility index (Phi) is 2.72. The van der Waals surface area contributed by atoms with E-state index in [1.807, 2.05) is 6.07 Å². The fourth-order valence-corrected chi connectivity index (χ4v) is 4.14. The first kappa shape index (κ1) is 14.6. The Morgan fingerprint density at radius 1 is 0.760 bits per heavy atom. The van der Waals surface area contributed by atoms with Crippen LogP contribution in [0.25, 0.3) is 43.7 Å². The van der Waals surface area contributed by atoms with Crippen LogP contribution in [0.5, 0.6) is 0 Å². The topological polar surface area (TPSA) is 18.1 Å². The maximum Gasteiger partial charge on any atom is 0.145 e. The van der Waals surface area contributed by atoms with E-state index in [0.29, 0.717) is 0 Å². The average Bonchev–Trinajstić information content (AvgIpc) is 3.10. The van der Waals surface area contributed by atoms with Gasteiger partial charge in [-0.1, -0.05) is 51.1 Å². The number of aromatic nitrogens is 1. The minimum Gasteiger partial charge on any atom is -0.455 e. The Bertz CT molecular complexity index is 1280. The van der Waals surface area contributed by atoms with Crippen LogP contribution in [-0.4, -0.2) is 4.57 Å². The molecule has 2 aromatic heterocycles. The molecule has 3 aromatic carbocycles. The van der Waals surface area contributed by atoms with E-state index in [1.165, 1.54) is 38.1 Å². The normalized spacial score (nSPS) is 12.8. The smallest absolute Gasteiger partial charge is 0.145 e. The van der Waals surface area contributed by atoms with Crippen molar-refractivity contribution in [1.82, 2.24) is 4.57 Å². The molecule has 0 bridgehead atoms. The molecule has 0 unspecified atom stereocenters. The zero-order valence-electron chi connectivity index (χ0n) is 15.1. The summed E-state index contributed by atoms with van der Waals surface area (Å²) in [4.78, 5) is 0. The predicted octanol–water partition coefficient (Wildman–Crippen LogP) is 6.53. The molecule has 0 aliphatic heterocycles. The van der Waals surface area contributed by atoms with Crippen molar-refractivity contribution >= 4 is 43.7 Å². The second kappa shape index (κ2) is 4.66. The van der Waals surface area contributed by atoms with Gasteiger partial charge in [0.25, 0.3) is 0 Å². The van der Waals surface area contributed by atoms with Crippen molar-refractivity contribution in [3.63, 3.8) is 0 Å². The summed E-state index contributed by atoms with van der Waals surface area (Å²) in [6.45, 7) is 6.83. The number of hydrogen-bond acceptors (Lipinski definition) is 1. The van der Waals surface area contributed by atoms with E-state index in [2.05, 4.69) is 80.9 Å². The summed E-state index contributed by atoms with van der Waals surface area (Å²) in [6.07, 6.45) is 0. The van der Waals surface area contributed by atoms with Gasteiger partial charge in [0.2, 0.25) is 0 Å². The number of furan rings is 1. The van der Waals surface area contributed by atoms with Crippen molar-refractivity contribution in [3.05, 3.63) is 60.2 Å². The van der Waals surface area contributed by atoms with Crippen molar-refractivity contribution in [2.75, 3.05) is 0 Å². The predicted molar refractivity (Wildman–Crippen MR) is 106 cm³/mol. The second-order valence-electron chi connectivity index (χ2n) is 7.94. The Labute approximate surface area is 146 Å². The maximum absolute atomic E-state index is 6.34. The molecule has 2 heterocycles. The van der Waals surface area contributed by atoms with Crippen LogP contribution in [0.1, 0.15) is 26.3 Å². The van der Waals surface area contributed by atoms with Gasteiger partial charge in [0.15, 0.2) is 0 Å². The molecule has 5 rings (SSSR count). The molecule has 0 saturated heterocycles. The molecule has 0 radical (unpaired) electrons. The molecule has 25 heavy (non-hydrogen) atoms. The molecule has 0 spiro atoms. The highest BCUT2D eigenvalue weighted by Gasteiger charge is 2.23. The summed E-state index contributed by atoms with van der Waals surface area (Å²) in [7, 11) is 2.14. The second-order valence-corrected chi connectivity index (χ2v) is 7.94. The Balaban J connectivity index is 2.12. The van der Waals surface area contributed by atoms with E-state index in [9.17, 15) is 0 Å². The standard InChI is InChI=1S/C23H21NO/c1-23(2,3)16-9-7-10-17-20(16)21-18(24(17)4)13-12-15-14-8-5-6-11-19(14)25-22(15)21/h5-13H,1-4H3. The number of hydrogen-bond donors (Lipinski definition) is 0. The van der Waals surface area contributed by atoms with E-state index in [-0.39, 0.29) is 5.41 Å². The van der Waals surface area contributed by atoms with Crippen LogP contribution in [-0.2, 0) is 12.5 Å². The van der Waals surface area contributed by atoms with Gasteiger partial charge in [-0.05, 0) is 35.2 Å². The van der Waals surface area contributed by atoms with Gasteiger partial charge in [0.05, 0.1) is 10.9 Å². The van der Waals surface area contributed by atoms with Crippen LogP contribution >= 0.6 is 0 Å². The number of fused-ring (bicyclic) bond motifs is 7. The Hall–Kier alpha value is -2.74. The third kappa shape index (κ3) is 1.85. The van der Waals surface area contributed by atoms with Crippen LogP contribution in [0.15, 0.2) is 59.0 Å². The van der Waals surface area contributed by atoms with Crippen LogP contribution in [0.4, 0.5) is 0 Å². The highest BCUT2D eigenvalue weighted by atomic mass is 16.3.